The third-order valence-electron chi connectivity index (χ3n) is 3.01. The number of nitrogens with one attached hydrogen (secondary N) is 1. The van der Waals surface area contributed by atoms with Crippen LogP contribution in [-0.4, -0.2) is 20.0 Å². The quantitative estimate of drug-likeness (QED) is 0.616. The number of allylic oxidation sites excluding steroid dienone is 1. The topological polar surface area (TPSA) is 47.6 Å². The second kappa shape index (κ2) is 7.66. The molecule has 2 aromatic carbocycles. The van der Waals surface area contributed by atoms with Gasteiger partial charge >= 0.3 is 0 Å². The zero-order valence-electron chi connectivity index (χ0n) is 12.3. The molecule has 22 heavy (non-hydrogen) atoms. The first kappa shape index (κ1) is 16.1. The van der Waals surface area contributed by atoms with Gasteiger partial charge in [-0.05, 0) is 36.4 Å². The Kier molecular flexibility index (Phi) is 5.61. The van der Waals surface area contributed by atoms with Crippen LogP contribution in [0.15, 0.2) is 59.2 Å². The Morgan fingerprint density at radius 2 is 1.82 bits per heavy atom. The van der Waals surface area contributed by atoms with Crippen molar-refractivity contribution in [3.63, 3.8) is 0 Å². The lowest BCUT2D eigenvalue weighted by atomic mass is 10.1. The molecule has 0 aliphatic carbocycles. The van der Waals surface area contributed by atoms with E-state index in [4.69, 9.17) is 9.47 Å². The third-order valence-corrected chi connectivity index (χ3v) is 3.54. The number of ketones is 1. The van der Waals surface area contributed by atoms with Crippen LogP contribution in [0.25, 0.3) is 0 Å². The molecule has 0 unspecified atom stereocenters. The third kappa shape index (κ3) is 4.11. The summed E-state index contributed by atoms with van der Waals surface area (Å²) in [5.74, 6) is 1.27. The van der Waals surface area contributed by atoms with Gasteiger partial charge in [-0.1, -0.05) is 15.9 Å². The van der Waals surface area contributed by atoms with E-state index >= 15 is 0 Å². The van der Waals surface area contributed by atoms with Gasteiger partial charge in [0.1, 0.15) is 11.5 Å². The summed E-state index contributed by atoms with van der Waals surface area (Å²) in [5, 5.41) is 3.04. The van der Waals surface area contributed by atoms with Gasteiger partial charge in [0, 0.05) is 28.4 Å². The fourth-order valence-electron chi connectivity index (χ4n) is 1.84. The molecule has 0 aliphatic rings. The van der Waals surface area contributed by atoms with E-state index in [1.165, 1.54) is 6.08 Å². The first-order chi connectivity index (χ1) is 10.6. The summed E-state index contributed by atoms with van der Waals surface area (Å²) in [6, 6.07) is 12.6. The average molecular weight is 362 g/mol. The van der Waals surface area contributed by atoms with Crippen molar-refractivity contribution in [1.29, 1.82) is 0 Å². The van der Waals surface area contributed by atoms with Crippen LogP contribution in [0.1, 0.15) is 10.4 Å². The smallest absolute Gasteiger partial charge is 0.187 e. The minimum absolute atomic E-state index is 0.0764. The number of ether oxygens (including phenoxy) is 2. The number of anilines is 1. The highest BCUT2D eigenvalue weighted by Gasteiger charge is 2.04. The number of rotatable bonds is 6. The molecule has 2 aromatic rings. The summed E-state index contributed by atoms with van der Waals surface area (Å²) < 4.78 is 11.4. The summed E-state index contributed by atoms with van der Waals surface area (Å²) in [6.45, 7) is 0. The van der Waals surface area contributed by atoms with Gasteiger partial charge in [-0.15, -0.1) is 0 Å². The number of methoxy groups -OCH3 is 2. The van der Waals surface area contributed by atoms with Crippen LogP contribution in [0.3, 0.4) is 0 Å². The van der Waals surface area contributed by atoms with E-state index in [9.17, 15) is 4.79 Å². The molecule has 0 amide bonds. The molecule has 0 saturated heterocycles. The summed E-state index contributed by atoms with van der Waals surface area (Å²) >= 11 is 3.34. The normalized spacial score (nSPS) is 10.5. The Morgan fingerprint density at radius 1 is 1.09 bits per heavy atom. The molecule has 0 spiro atoms. The van der Waals surface area contributed by atoms with Gasteiger partial charge < -0.3 is 14.8 Å². The molecule has 0 aromatic heterocycles. The number of carbonyl (C=O) groups excluding carboxylic acids is 1. The highest BCUT2D eigenvalue weighted by Crippen LogP contribution is 2.28. The van der Waals surface area contributed by atoms with Gasteiger partial charge in [0.25, 0.3) is 0 Å². The second-order valence-electron chi connectivity index (χ2n) is 4.42. The van der Waals surface area contributed by atoms with Crippen LogP contribution in [-0.2, 0) is 0 Å². The van der Waals surface area contributed by atoms with Gasteiger partial charge in [-0.25, -0.2) is 0 Å². The van der Waals surface area contributed by atoms with Crippen LogP contribution in [0.2, 0.25) is 0 Å². The van der Waals surface area contributed by atoms with Crippen molar-refractivity contribution >= 4 is 27.4 Å². The van der Waals surface area contributed by atoms with Crippen molar-refractivity contribution in [2.45, 2.75) is 0 Å². The lowest BCUT2D eigenvalue weighted by Crippen LogP contribution is -1.97. The Hall–Kier alpha value is -2.27. The Bertz CT molecular complexity index is 681. The Morgan fingerprint density at radius 3 is 2.45 bits per heavy atom. The fourth-order valence-corrected chi connectivity index (χ4v) is 2.10. The highest BCUT2D eigenvalue weighted by molar-refractivity contribution is 9.10. The zero-order valence-corrected chi connectivity index (χ0v) is 13.9. The van der Waals surface area contributed by atoms with E-state index in [-0.39, 0.29) is 5.78 Å². The molecule has 0 bridgehead atoms. The molecular weight excluding hydrogens is 346 g/mol. The summed E-state index contributed by atoms with van der Waals surface area (Å²) in [5.41, 5.74) is 1.38. The average Bonchev–Trinajstić information content (AvgIpc) is 2.55. The summed E-state index contributed by atoms with van der Waals surface area (Å²) in [4.78, 5) is 12.0. The summed E-state index contributed by atoms with van der Waals surface area (Å²) in [7, 11) is 3.18. The van der Waals surface area contributed by atoms with E-state index in [1.807, 2.05) is 24.3 Å². The molecule has 2 rings (SSSR count). The molecule has 114 valence electrons. The second-order valence-corrected chi connectivity index (χ2v) is 5.33. The van der Waals surface area contributed by atoms with Crippen LogP contribution in [0.5, 0.6) is 11.5 Å². The maximum Gasteiger partial charge on any atom is 0.187 e. The molecule has 4 nitrogen and oxygen atoms in total. The number of halogens is 1. The largest absolute Gasteiger partial charge is 0.497 e. The highest BCUT2D eigenvalue weighted by atomic mass is 79.9. The molecule has 5 heteroatoms. The van der Waals surface area contributed by atoms with Gasteiger partial charge in [-0.3, -0.25) is 4.79 Å². The maximum absolute atomic E-state index is 12.0. The van der Waals surface area contributed by atoms with Gasteiger partial charge in [-0.2, -0.15) is 0 Å². The van der Waals surface area contributed by atoms with Crippen LogP contribution >= 0.6 is 15.9 Å². The van der Waals surface area contributed by atoms with Crippen LogP contribution in [0, 0.1) is 0 Å². The zero-order chi connectivity index (χ0) is 15.9. The first-order valence-electron chi connectivity index (χ1n) is 6.59. The fraction of sp³-hybridized carbons (Fsp3) is 0.118. The van der Waals surface area contributed by atoms with E-state index in [1.54, 1.807) is 38.6 Å². The molecule has 1 N–H and O–H groups in total. The molecule has 0 aliphatic heterocycles. The molecule has 0 heterocycles. The minimum atomic E-state index is -0.0764. The number of carbonyl (C=O) groups is 1. The molecule has 0 saturated carbocycles. The Balaban J connectivity index is 2.06. The van der Waals surface area contributed by atoms with E-state index < -0.39 is 0 Å². The standard InChI is InChI=1S/C17H16BrNO3/c1-21-14-7-8-15(17(11-14)22-2)19-10-9-16(20)12-3-5-13(18)6-4-12/h3-11,19H,1-2H3. The lowest BCUT2D eigenvalue weighted by molar-refractivity contribution is 0.104. The SMILES string of the molecule is COc1ccc(NC=CC(=O)c2ccc(Br)cc2)c(OC)c1. The van der Waals surface area contributed by atoms with Crippen LogP contribution < -0.4 is 14.8 Å². The monoisotopic (exact) mass is 361 g/mol. The molecule has 0 fully saturated rings. The van der Waals surface area contributed by atoms with Crippen molar-refractivity contribution in [3.05, 3.63) is 64.8 Å². The van der Waals surface area contributed by atoms with E-state index in [0.29, 0.717) is 17.1 Å². The van der Waals surface area contributed by atoms with Gasteiger partial charge in [0.15, 0.2) is 5.78 Å². The van der Waals surface area contributed by atoms with Gasteiger partial charge in [0.05, 0.1) is 19.9 Å². The van der Waals surface area contributed by atoms with Gasteiger partial charge in [0.2, 0.25) is 0 Å². The molecule has 0 radical (unpaired) electrons. The maximum atomic E-state index is 12.0. The predicted molar refractivity (Wildman–Crippen MR) is 90.8 cm³/mol. The number of benzene rings is 2. The van der Waals surface area contributed by atoms with E-state index in [2.05, 4.69) is 21.2 Å². The van der Waals surface area contributed by atoms with Crippen molar-refractivity contribution in [3.8, 4) is 11.5 Å². The van der Waals surface area contributed by atoms with Crippen molar-refractivity contribution in [2.24, 2.45) is 0 Å². The van der Waals surface area contributed by atoms with Crippen LogP contribution in [0.4, 0.5) is 5.69 Å². The molecule has 0 atom stereocenters. The van der Waals surface area contributed by atoms with Crippen molar-refractivity contribution in [1.82, 2.24) is 0 Å². The summed E-state index contributed by atoms with van der Waals surface area (Å²) in [6.07, 6.45) is 3.07. The number of hydrogen-bond donors (Lipinski definition) is 1. The Labute approximate surface area is 137 Å². The van der Waals surface area contributed by atoms with Crippen molar-refractivity contribution in [2.75, 3.05) is 19.5 Å². The lowest BCUT2D eigenvalue weighted by Gasteiger charge is -2.09. The van der Waals surface area contributed by atoms with E-state index in [0.717, 1.165) is 10.2 Å². The number of hydrogen-bond acceptors (Lipinski definition) is 4. The predicted octanol–water partition coefficient (Wildman–Crippen LogP) is 4.27. The minimum Gasteiger partial charge on any atom is -0.497 e. The van der Waals surface area contributed by atoms with Crippen molar-refractivity contribution < 1.29 is 14.3 Å². The molecular formula is C17H16BrNO3. The first-order valence-corrected chi connectivity index (χ1v) is 7.38.